The molecule has 24 heavy (non-hydrogen) atoms. The molecule has 1 aliphatic heterocycles. The van der Waals surface area contributed by atoms with Crippen molar-refractivity contribution in [1.29, 1.82) is 0 Å². The molecule has 1 atom stereocenters. The monoisotopic (exact) mass is 345 g/mol. The number of carboxylic acids is 1. The number of carbonyl (C=O) groups is 1. The molecule has 0 fully saturated rings. The molecular weight excluding hydrogens is 336 g/mol. The molecule has 4 rings (SSSR count). The maximum absolute atomic E-state index is 13.7. The van der Waals surface area contributed by atoms with E-state index in [0.717, 1.165) is 17.7 Å². The lowest BCUT2D eigenvalue weighted by molar-refractivity contribution is 0.0689. The molecule has 0 radical (unpaired) electrons. The van der Waals surface area contributed by atoms with E-state index in [1.165, 1.54) is 11.8 Å². The molecule has 7 heteroatoms. The zero-order chi connectivity index (χ0) is 17.0. The molecule has 1 aromatic heterocycles. The average Bonchev–Trinajstić information content (AvgIpc) is 2.53. The number of fused-ring (bicyclic) bond motifs is 3. The molecule has 0 aliphatic carbocycles. The van der Waals surface area contributed by atoms with Crippen LogP contribution < -0.4 is 5.43 Å². The molecule has 1 unspecified atom stereocenters. The molecule has 120 valence electrons. The lowest BCUT2D eigenvalue weighted by Gasteiger charge is -2.35. The largest absolute Gasteiger partial charge is 0.477 e. The Morgan fingerprint density at radius 3 is 2.46 bits per heavy atom. The van der Waals surface area contributed by atoms with Crippen molar-refractivity contribution in [2.45, 2.75) is 10.4 Å². The summed E-state index contributed by atoms with van der Waals surface area (Å²) in [6.07, 6.45) is 0. The maximum Gasteiger partial charge on any atom is 0.342 e. The summed E-state index contributed by atoms with van der Waals surface area (Å²) in [6, 6.07) is 10.9. The minimum Gasteiger partial charge on any atom is -0.477 e. The summed E-state index contributed by atoms with van der Waals surface area (Å²) in [4.78, 5) is 23.9. The van der Waals surface area contributed by atoms with Crippen LogP contribution in [0, 0.1) is 11.6 Å². The summed E-state index contributed by atoms with van der Waals surface area (Å²) in [5.74, 6) is -3.64. The second-order valence-corrected chi connectivity index (χ2v) is 6.42. The van der Waals surface area contributed by atoms with Crippen molar-refractivity contribution in [1.82, 2.24) is 4.57 Å². The van der Waals surface area contributed by atoms with Gasteiger partial charge in [-0.05, 0) is 11.6 Å². The van der Waals surface area contributed by atoms with Crippen LogP contribution in [0.15, 0.2) is 52.3 Å². The van der Waals surface area contributed by atoms with E-state index in [1.807, 2.05) is 30.3 Å². The van der Waals surface area contributed by atoms with E-state index >= 15 is 0 Å². The van der Waals surface area contributed by atoms with Gasteiger partial charge in [-0.1, -0.05) is 42.1 Å². The Hall–Kier alpha value is -2.67. The fourth-order valence-electron chi connectivity index (χ4n) is 2.86. The van der Waals surface area contributed by atoms with E-state index in [4.69, 9.17) is 0 Å². The molecule has 0 spiro atoms. The number of pyridine rings is 1. The lowest BCUT2D eigenvalue weighted by atomic mass is 10.1. The van der Waals surface area contributed by atoms with Crippen molar-refractivity contribution in [2.24, 2.45) is 0 Å². The third-order valence-corrected chi connectivity index (χ3v) is 5.29. The van der Waals surface area contributed by atoms with Gasteiger partial charge in [0.15, 0.2) is 11.6 Å². The first-order valence-electron chi connectivity index (χ1n) is 7.01. The molecule has 3 aromatic rings. The minimum absolute atomic E-state index is 0.142. The van der Waals surface area contributed by atoms with Crippen LogP contribution >= 0.6 is 11.8 Å². The summed E-state index contributed by atoms with van der Waals surface area (Å²) in [5, 5.41) is 9.16. The predicted molar refractivity (Wildman–Crippen MR) is 85.5 cm³/mol. The molecule has 1 N–H and O–H groups in total. The van der Waals surface area contributed by atoms with Gasteiger partial charge in [-0.15, -0.1) is 0 Å². The van der Waals surface area contributed by atoms with Crippen molar-refractivity contribution in [3.63, 3.8) is 0 Å². The topological polar surface area (TPSA) is 59.3 Å². The van der Waals surface area contributed by atoms with Crippen molar-refractivity contribution in [3.8, 4) is 0 Å². The number of benzene rings is 2. The van der Waals surface area contributed by atoms with Crippen LogP contribution in [-0.4, -0.2) is 15.6 Å². The Labute approximate surface area is 138 Å². The number of rotatable bonds is 2. The molecule has 0 saturated heterocycles. The van der Waals surface area contributed by atoms with Gasteiger partial charge < -0.3 is 9.67 Å². The zero-order valence-electron chi connectivity index (χ0n) is 12.0. The van der Waals surface area contributed by atoms with E-state index in [9.17, 15) is 23.5 Å². The van der Waals surface area contributed by atoms with Crippen LogP contribution in [0.1, 0.15) is 21.3 Å². The molecule has 0 amide bonds. The number of halogens is 2. The molecule has 2 aromatic carbocycles. The van der Waals surface area contributed by atoms with Gasteiger partial charge in [0.2, 0.25) is 5.43 Å². The number of hydrogen-bond donors (Lipinski definition) is 1. The van der Waals surface area contributed by atoms with Crippen molar-refractivity contribution < 1.29 is 18.7 Å². The quantitative estimate of drug-likeness (QED) is 0.770. The van der Waals surface area contributed by atoms with E-state index < -0.39 is 28.6 Å². The van der Waals surface area contributed by atoms with E-state index in [0.29, 0.717) is 0 Å². The van der Waals surface area contributed by atoms with Gasteiger partial charge >= 0.3 is 5.97 Å². The third kappa shape index (κ3) is 1.98. The molecule has 0 saturated carbocycles. The number of aromatic carboxylic acids is 1. The lowest BCUT2D eigenvalue weighted by Crippen LogP contribution is -2.29. The summed E-state index contributed by atoms with van der Waals surface area (Å²) in [6.45, 7) is 0. The van der Waals surface area contributed by atoms with E-state index in [1.54, 1.807) is 4.57 Å². The first-order chi connectivity index (χ1) is 11.5. The molecular formula is C17H9F2NO3S. The number of thioether (sulfide) groups is 1. The number of carboxylic acid groups (broad SMARTS) is 1. The second kappa shape index (κ2) is 5.17. The van der Waals surface area contributed by atoms with Crippen LogP contribution in [0.3, 0.4) is 0 Å². The van der Waals surface area contributed by atoms with Gasteiger partial charge in [0.25, 0.3) is 0 Å². The van der Waals surface area contributed by atoms with Crippen LogP contribution in [0.25, 0.3) is 10.9 Å². The van der Waals surface area contributed by atoms with Crippen LogP contribution in [0.5, 0.6) is 0 Å². The molecule has 2 heterocycles. The first-order valence-corrected chi connectivity index (χ1v) is 7.89. The Balaban J connectivity index is 2.09. The second-order valence-electron chi connectivity index (χ2n) is 5.35. The summed E-state index contributed by atoms with van der Waals surface area (Å²) in [5.41, 5.74) is -0.153. The summed E-state index contributed by atoms with van der Waals surface area (Å²) < 4.78 is 28.8. The Bertz CT molecular complexity index is 1060. The molecule has 4 nitrogen and oxygen atoms in total. The van der Waals surface area contributed by atoms with Crippen LogP contribution in [0.2, 0.25) is 0 Å². The van der Waals surface area contributed by atoms with Crippen molar-refractivity contribution in [3.05, 3.63) is 75.4 Å². The SMILES string of the molecule is O=C(O)c1c2n(c3cc(F)c(F)cc3c1=O)C(c1ccccc1)S2. The first kappa shape index (κ1) is 14.9. The number of nitrogens with zero attached hydrogens (tertiary/aromatic N) is 1. The highest BCUT2D eigenvalue weighted by Crippen LogP contribution is 2.50. The molecule has 1 aliphatic rings. The fourth-order valence-corrected chi connectivity index (χ4v) is 4.14. The highest BCUT2D eigenvalue weighted by Gasteiger charge is 2.36. The highest BCUT2D eigenvalue weighted by molar-refractivity contribution is 8.00. The number of aromatic nitrogens is 1. The zero-order valence-corrected chi connectivity index (χ0v) is 12.8. The van der Waals surface area contributed by atoms with Gasteiger partial charge in [0.05, 0.1) is 10.5 Å². The van der Waals surface area contributed by atoms with E-state index in [2.05, 4.69) is 0 Å². The third-order valence-electron chi connectivity index (χ3n) is 3.96. The summed E-state index contributed by atoms with van der Waals surface area (Å²) in [7, 11) is 0. The minimum atomic E-state index is -1.38. The maximum atomic E-state index is 13.7. The van der Waals surface area contributed by atoms with Gasteiger partial charge in [0.1, 0.15) is 10.9 Å². The molecule has 0 bridgehead atoms. The highest BCUT2D eigenvalue weighted by atomic mass is 32.2. The Kier molecular flexibility index (Phi) is 3.21. The standard InChI is InChI=1S/C17H9F2NO3S/c18-10-6-9-12(7-11(10)19)20-15(8-4-2-1-3-5-8)24-16(20)13(14(9)21)17(22)23/h1-7,15H,(H,22,23). The smallest absolute Gasteiger partial charge is 0.342 e. The normalized spacial score (nSPS) is 15.8. The van der Waals surface area contributed by atoms with Crippen molar-refractivity contribution in [2.75, 3.05) is 0 Å². The van der Waals surface area contributed by atoms with Crippen LogP contribution in [-0.2, 0) is 0 Å². The van der Waals surface area contributed by atoms with Crippen molar-refractivity contribution >= 4 is 28.6 Å². The van der Waals surface area contributed by atoms with Gasteiger partial charge in [0, 0.05) is 11.5 Å². The van der Waals surface area contributed by atoms with Gasteiger partial charge in [-0.25, -0.2) is 13.6 Å². The Morgan fingerprint density at radius 2 is 1.79 bits per heavy atom. The summed E-state index contributed by atoms with van der Waals surface area (Å²) >= 11 is 1.21. The fraction of sp³-hybridized carbons (Fsp3) is 0.0588. The van der Waals surface area contributed by atoms with Crippen LogP contribution in [0.4, 0.5) is 8.78 Å². The van der Waals surface area contributed by atoms with Gasteiger partial charge in [-0.3, -0.25) is 4.79 Å². The number of hydrogen-bond acceptors (Lipinski definition) is 3. The van der Waals surface area contributed by atoms with E-state index in [-0.39, 0.29) is 21.3 Å². The predicted octanol–water partition coefficient (Wildman–Crippen LogP) is 3.63. The average molecular weight is 345 g/mol. The van der Waals surface area contributed by atoms with Gasteiger partial charge in [-0.2, -0.15) is 0 Å². The Morgan fingerprint density at radius 1 is 1.12 bits per heavy atom.